The maximum Gasteiger partial charge on any atom is 0.506 e. The normalized spacial score (nSPS) is 28.1. The van der Waals surface area contributed by atoms with Crippen molar-refractivity contribution in [3.05, 3.63) is 12.1 Å². The molecule has 0 aliphatic carbocycles. The summed E-state index contributed by atoms with van der Waals surface area (Å²) in [6, 6.07) is 0.474. The lowest BCUT2D eigenvalue weighted by molar-refractivity contribution is 0.112. The predicted molar refractivity (Wildman–Crippen MR) is 59.3 cm³/mol. The first-order chi connectivity index (χ1) is 7.47. The van der Waals surface area contributed by atoms with E-state index in [2.05, 4.69) is 11.5 Å². The zero-order valence-corrected chi connectivity index (χ0v) is 9.34. The highest BCUT2D eigenvalue weighted by Crippen LogP contribution is 2.24. The largest absolute Gasteiger partial charge is 0.506 e. The quantitative estimate of drug-likeness (QED) is 0.684. The molecule has 0 spiro atoms. The van der Waals surface area contributed by atoms with E-state index >= 15 is 0 Å². The van der Waals surface area contributed by atoms with E-state index in [0.29, 0.717) is 6.04 Å². The van der Waals surface area contributed by atoms with Gasteiger partial charge < -0.3 is 12.9 Å². The molecular weight excluding hydrogens is 216 g/mol. The maximum absolute atomic E-state index is 12.4. The number of halogens is 3. The third kappa shape index (κ3) is 2.60. The SMILES string of the molecule is C=C(CN1CCN2CCCC2C1)[B-](F)(F)F. The van der Waals surface area contributed by atoms with Crippen molar-refractivity contribution >= 4 is 6.98 Å². The maximum atomic E-state index is 12.4. The average Bonchev–Trinajstić information content (AvgIpc) is 2.63. The third-order valence-electron chi connectivity index (χ3n) is 3.56. The van der Waals surface area contributed by atoms with Crippen molar-refractivity contribution in [1.82, 2.24) is 9.80 Å². The van der Waals surface area contributed by atoms with E-state index in [1.54, 1.807) is 0 Å². The lowest BCUT2D eigenvalue weighted by atomic mass is 9.80. The molecule has 92 valence electrons. The van der Waals surface area contributed by atoms with E-state index in [4.69, 9.17) is 0 Å². The molecule has 0 aromatic rings. The summed E-state index contributed by atoms with van der Waals surface area (Å²) in [5.41, 5.74) is -0.563. The second-order valence-corrected chi connectivity index (χ2v) is 4.80. The van der Waals surface area contributed by atoms with E-state index in [-0.39, 0.29) is 6.54 Å². The summed E-state index contributed by atoms with van der Waals surface area (Å²) >= 11 is 0. The molecule has 1 unspecified atom stereocenters. The van der Waals surface area contributed by atoms with Gasteiger partial charge >= 0.3 is 6.98 Å². The summed E-state index contributed by atoms with van der Waals surface area (Å²) in [7, 11) is 0. The zero-order chi connectivity index (χ0) is 11.8. The molecular formula is C10H17BF3N2-. The van der Waals surface area contributed by atoms with Gasteiger partial charge in [-0.3, -0.25) is 9.80 Å². The molecule has 2 saturated heterocycles. The molecule has 2 nitrogen and oxygen atoms in total. The average molecular weight is 233 g/mol. The molecule has 0 aromatic carbocycles. The van der Waals surface area contributed by atoms with Crippen LogP contribution in [0.5, 0.6) is 0 Å². The highest BCUT2D eigenvalue weighted by molar-refractivity contribution is 6.66. The minimum atomic E-state index is -4.87. The Morgan fingerprint density at radius 3 is 2.69 bits per heavy atom. The van der Waals surface area contributed by atoms with Crippen LogP contribution in [0.2, 0.25) is 0 Å². The van der Waals surface area contributed by atoms with Crippen molar-refractivity contribution in [2.45, 2.75) is 18.9 Å². The summed E-state index contributed by atoms with van der Waals surface area (Å²) in [6.45, 7) is 1.81. The highest BCUT2D eigenvalue weighted by Gasteiger charge is 2.33. The van der Waals surface area contributed by atoms with E-state index in [9.17, 15) is 12.9 Å². The summed E-state index contributed by atoms with van der Waals surface area (Å²) in [4.78, 5) is 4.28. The summed E-state index contributed by atoms with van der Waals surface area (Å²) in [6.07, 6.45) is 2.31. The lowest BCUT2D eigenvalue weighted by Gasteiger charge is -2.38. The van der Waals surface area contributed by atoms with Gasteiger partial charge in [0, 0.05) is 25.7 Å². The fraction of sp³-hybridized carbons (Fsp3) is 0.800. The van der Waals surface area contributed by atoms with Crippen LogP contribution in [0.3, 0.4) is 0 Å². The number of fused-ring (bicyclic) bond motifs is 1. The van der Waals surface area contributed by atoms with E-state index in [0.717, 1.165) is 32.6 Å². The van der Waals surface area contributed by atoms with Crippen molar-refractivity contribution in [3.63, 3.8) is 0 Å². The van der Waals surface area contributed by atoms with E-state index in [1.807, 2.05) is 4.90 Å². The predicted octanol–water partition coefficient (Wildman–Crippen LogP) is 1.71. The summed E-state index contributed by atoms with van der Waals surface area (Å²) in [5, 5.41) is 0. The topological polar surface area (TPSA) is 6.48 Å². The van der Waals surface area contributed by atoms with Gasteiger partial charge in [-0.1, -0.05) is 0 Å². The van der Waals surface area contributed by atoms with Gasteiger partial charge in [0.25, 0.3) is 0 Å². The Labute approximate surface area is 94.1 Å². The van der Waals surface area contributed by atoms with Gasteiger partial charge in [-0.2, -0.15) is 0 Å². The molecule has 2 heterocycles. The molecule has 2 aliphatic rings. The Bertz CT molecular complexity index is 280. The Kier molecular flexibility index (Phi) is 3.30. The number of nitrogens with zero attached hydrogens (tertiary/aromatic N) is 2. The fourth-order valence-corrected chi connectivity index (χ4v) is 2.59. The Hall–Kier alpha value is -0.485. The van der Waals surface area contributed by atoms with Crippen molar-refractivity contribution in [2.75, 3.05) is 32.7 Å². The zero-order valence-electron chi connectivity index (χ0n) is 9.34. The van der Waals surface area contributed by atoms with Crippen molar-refractivity contribution in [2.24, 2.45) is 0 Å². The van der Waals surface area contributed by atoms with Crippen LogP contribution in [0.4, 0.5) is 12.9 Å². The lowest BCUT2D eigenvalue weighted by Crippen LogP contribution is -2.51. The van der Waals surface area contributed by atoms with Crippen molar-refractivity contribution in [3.8, 4) is 0 Å². The van der Waals surface area contributed by atoms with Gasteiger partial charge in [-0.25, -0.2) is 0 Å². The monoisotopic (exact) mass is 233 g/mol. The fourth-order valence-electron chi connectivity index (χ4n) is 2.59. The summed E-state index contributed by atoms with van der Waals surface area (Å²) < 4.78 is 37.2. The van der Waals surface area contributed by atoms with Crippen LogP contribution in [-0.4, -0.2) is 55.5 Å². The molecule has 0 N–H and O–H groups in total. The van der Waals surface area contributed by atoms with Crippen LogP contribution in [0, 0.1) is 0 Å². The van der Waals surface area contributed by atoms with Gasteiger partial charge in [-0.15, -0.1) is 12.1 Å². The molecule has 0 radical (unpaired) electrons. The van der Waals surface area contributed by atoms with E-state index in [1.165, 1.54) is 6.42 Å². The molecule has 2 fully saturated rings. The molecule has 0 bridgehead atoms. The molecule has 2 rings (SSSR count). The smallest absolute Gasteiger partial charge is 0.445 e. The molecule has 1 atom stereocenters. The Morgan fingerprint density at radius 2 is 2.00 bits per heavy atom. The molecule has 0 saturated carbocycles. The number of hydrogen-bond donors (Lipinski definition) is 0. The summed E-state index contributed by atoms with van der Waals surface area (Å²) in [5.74, 6) is 0. The molecule has 0 amide bonds. The van der Waals surface area contributed by atoms with Crippen molar-refractivity contribution < 1.29 is 12.9 Å². The Morgan fingerprint density at radius 1 is 1.25 bits per heavy atom. The molecule has 2 aliphatic heterocycles. The van der Waals surface area contributed by atoms with Crippen molar-refractivity contribution in [1.29, 1.82) is 0 Å². The van der Waals surface area contributed by atoms with Gasteiger partial charge in [0.05, 0.1) is 0 Å². The minimum absolute atomic E-state index is 0.00611. The molecule has 0 aromatic heterocycles. The van der Waals surface area contributed by atoms with Crippen LogP contribution in [-0.2, 0) is 0 Å². The highest BCUT2D eigenvalue weighted by atomic mass is 19.4. The molecule has 16 heavy (non-hydrogen) atoms. The van der Waals surface area contributed by atoms with Crippen LogP contribution in [0.15, 0.2) is 12.1 Å². The number of piperazine rings is 1. The van der Waals surface area contributed by atoms with Gasteiger partial charge in [0.1, 0.15) is 0 Å². The number of rotatable bonds is 3. The first-order valence-electron chi connectivity index (χ1n) is 5.81. The molecule has 6 heteroatoms. The van der Waals surface area contributed by atoms with E-state index < -0.39 is 12.4 Å². The van der Waals surface area contributed by atoms with Crippen LogP contribution < -0.4 is 0 Å². The van der Waals surface area contributed by atoms with Gasteiger partial charge in [-0.05, 0) is 25.9 Å². The second kappa shape index (κ2) is 4.41. The van der Waals surface area contributed by atoms with Gasteiger partial charge in [0.15, 0.2) is 0 Å². The van der Waals surface area contributed by atoms with Crippen LogP contribution in [0.25, 0.3) is 0 Å². The van der Waals surface area contributed by atoms with Crippen LogP contribution in [0.1, 0.15) is 12.8 Å². The van der Waals surface area contributed by atoms with Crippen LogP contribution >= 0.6 is 0 Å². The minimum Gasteiger partial charge on any atom is -0.445 e. The number of hydrogen-bond acceptors (Lipinski definition) is 2. The first kappa shape index (κ1) is 12.0. The first-order valence-corrected chi connectivity index (χ1v) is 5.81. The third-order valence-corrected chi connectivity index (χ3v) is 3.56. The second-order valence-electron chi connectivity index (χ2n) is 4.80. The van der Waals surface area contributed by atoms with Gasteiger partial charge in [0.2, 0.25) is 0 Å². The Balaban J connectivity index is 1.85. The standard InChI is InChI=1S/C10H17BF3N2/c1-9(11(12,13)14)7-15-5-6-16-4-2-3-10(16)8-15/h10H,1-8H2/q-1.